The number of rotatable bonds is 3. The summed E-state index contributed by atoms with van der Waals surface area (Å²) < 4.78 is 37.4. The Morgan fingerprint density at radius 2 is 1.86 bits per heavy atom. The first-order chi connectivity index (χ1) is 9.86. The standard InChI is InChI=1S/C16H15F3NO/c1-11-4-3-5-15(10-11)21-20-12(2)13-6-8-14(9-7-13)16(17,18)19/h4-10H,3H2,1-2H3. The molecule has 0 saturated carbocycles. The van der Waals surface area contributed by atoms with Gasteiger partial charge in [-0.05, 0) is 56.5 Å². The average molecular weight is 294 g/mol. The molecule has 0 amide bonds. The number of hydrogen-bond acceptors (Lipinski definition) is 2. The van der Waals surface area contributed by atoms with Gasteiger partial charge in [0.1, 0.15) is 0 Å². The lowest BCUT2D eigenvalue weighted by atomic mass is 10.1. The zero-order chi connectivity index (χ0) is 15.5. The molecule has 0 heterocycles. The van der Waals surface area contributed by atoms with Crippen LogP contribution in [-0.4, -0.2) is 5.71 Å². The van der Waals surface area contributed by atoms with Crippen LogP contribution in [-0.2, 0) is 11.0 Å². The second kappa shape index (κ2) is 6.16. The van der Waals surface area contributed by atoms with Crippen LogP contribution in [0, 0.1) is 6.42 Å². The summed E-state index contributed by atoms with van der Waals surface area (Å²) in [5.74, 6) is 0.640. The fourth-order valence-corrected chi connectivity index (χ4v) is 1.84. The largest absolute Gasteiger partial charge is 0.416 e. The van der Waals surface area contributed by atoms with Crippen LogP contribution >= 0.6 is 0 Å². The fraction of sp³-hybridized carbons (Fsp3) is 0.250. The monoisotopic (exact) mass is 294 g/mol. The highest BCUT2D eigenvalue weighted by molar-refractivity contribution is 5.98. The van der Waals surface area contributed by atoms with Gasteiger partial charge in [-0.15, -0.1) is 0 Å². The highest BCUT2D eigenvalue weighted by Gasteiger charge is 2.29. The van der Waals surface area contributed by atoms with Crippen LogP contribution in [0.25, 0.3) is 0 Å². The van der Waals surface area contributed by atoms with Crippen LogP contribution < -0.4 is 0 Å². The zero-order valence-corrected chi connectivity index (χ0v) is 11.7. The third-order valence-corrected chi connectivity index (χ3v) is 3.05. The van der Waals surface area contributed by atoms with E-state index in [1.165, 1.54) is 12.1 Å². The second-order valence-corrected chi connectivity index (χ2v) is 4.78. The molecule has 1 aliphatic carbocycles. The summed E-state index contributed by atoms with van der Waals surface area (Å²) >= 11 is 0. The van der Waals surface area contributed by atoms with Crippen molar-refractivity contribution in [1.29, 1.82) is 0 Å². The first-order valence-electron chi connectivity index (χ1n) is 6.47. The first-order valence-corrected chi connectivity index (χ1v) is 6.47. The van der Waals surface area contributed by atoms with Crippen LogP contribution in [0.5, 0.6) is 0 Å². The molecule has 2 nitrogen and oxygen atoms in total. The number of oxime groups is 1. The third-order valence-electron chi connectivity index (χ3n) is 3.05. The molecule has 5 heteroatoms. The van der Waals surface area contributed by atoms with E-state index >= 15 is 0 Å². The molecule has 0 aliphatic heterocycles. The van der Waals surface area contributed by atoms with E-state index < -0.39 is 11.7 Å². The number of hydrogen-bond donors (Lipinski definition) is 0. The minimum absolute atomic E-state index is 0.519. The van der Waals surface area contributed by atoms with E-state index in [-0.39, 0.29) is 0 Å². The molecule has 21 heavy (non-hydrogen) atoms. The van der Waals surface area contributed by atoms with Gasteiger partial charge in [-0.1, -0.05) is 22.9 Å². The molecule has 1 aromatic carbocycles. The van der Waals surface area contributed by atoms with Gasteiger partial charge < -0.3 is 4.84 Å². The highest BCUT2D eigenvalue weighted by atomic mass is 19.4. The van der Waals surface area contributed by atoms with Crippen LogP contribution in [0.1, 0.15) is 31.4 Å². The van der Waals surface area contributed by atoms with Crippen LogP contribution in [0.2, 0.25) is 0 Å². The Bertz CT molecular complexity index is 595. The van der Waals surface area contributed by atoms with E-state index in [4.69, 9.17) is 4.84 Å². The van der Waals surface area contributed by atoms with Crippen molar-refractivity contribution in [2.75, 3.05) is 0 Å². The predicted octanol–water partition coefficient (Wildman–Crippen LogP) is 4.88. The molecule has 0 unspecified atom stereocenters. The number of alkyl halides is 3. The Morgan fingerprint density at radius 3 is 2.43 bits per heavy atom. The zero-order valence-electron chi connectivity index (χ0n) is 11.7. The summed E-state index contributed by atoms with van der Waals surface area (Å²) in [6.45, 7) is 3.65. The molecule has 0 spiro atoms. The molecule has 0 bridgehead atoms. The van der Waals surface area contributed by atoms with Crippen molar-refractivity contribution in [2.24, 2.45) is 5.16 Å². The molecule has 2 rings (SSSR count). The van der Waals surface area contributed by atoms with E-state index in [1.807, 2.05) is 19.1 Å². The van der Waals surface area contributed by atoms with E-state index in [9.17, 15) is 13.2 Å². The van der Waals surface area contributed by atoms with Crippen LogP contribution in [0.3, 0.4) is 0 Å². The number of nitrogens with zero attached hydrogens (tertiary/aromatic N) is 1. The second-order valence-electron chi connectivity index (χ2n) is 4.78. The molecule has 0 fully saturated rings. The van der Waals surface area contributed by atoms with Gasteiger partial charge in [-0.2, -0.15) is 13.2 Å². The van der Waals surface area contributed by atoms with Gasteiger partial charge in [0, 0.05) is 0 Å². The van der Waals surface area contributed by atoms with Crippen molar-refractivity contribution in [3.63, 3.8) is 0 Å². The Morgan fingerprint density at radius 1 is 1.19 bits per heavy atom. The number of allylic oxidation sites excluding steroid dienone is 3. The lowest BCUT2D eigenvalue weighted by molar-refractivity contribution is -0.137. The first kappa shape index (κ1) is 15.4. The van der Waals surface area contributed by atoms with Crippen LogP contribution in [0.4, 0.5) is 13.2 Å². The summed E-state index contributed by atoms with van der Waals surface area (Å²) in [5.41, 5.74) is 1.52. The van der Waals surface area contributed by atoms with Gasteiger partial charge in [-0.3, -0.25) is 0 Å². The molecule has 111 valence electrons. The lowest BCUT2D eigenvalue weighted by Gasteiger charge is -2.09. The van der Waals surface area contributed by atoms with Crippen molar-refractivity contribution in [2.45, 2.75) is 26.4 Å². The third kappa shape index (κ3) is 4.21. The maximum absolute atomic E-state index is 12.5. The Kier molecular flexibility index (Phi) is 4.50. The molecule has 0 atom stereocenters. The topological polar surface area (TPSA) is 21.6 Å². The quantitative estimate of drug-likeness (QED) is 0.575. The van der Waals surface area contributed by atoms with E-state index in [0.29, 0.717) is 17.0 Å². The fourth-order valence-electron chi connectivity index (χ4n) is 1.84. The number of halogens is 3. The SMILES string of the molecule is CC1=CC(ON=C(C)c2ccc(C(F)(F)F)cc2)=CC[CH]1. The van der Waals surface area contributed by atoms with Gasteiger partial charge in [0.2, 0.25) is 0 Å². The highest BCUT2D eigenvalue weighted by Crippen LogP contribution is 2.29. The molecule has 1 radical (unpaired) electrons. The summed E-state index contributed by atoms with van der Waals surface area (Å²) in [5, 5.41) is 3.95. The Hall–Kier alpha value is -2.04. The summed E-state index contributed by atoms with van der Waals surface area (Å²) in [7, 11) is 0. The smallest absolute Gasteiger partial charge is 0.357 e. The van der Waals surface area contributed by atoms with Crippen molar-refractivity contribution < 1.29 is 18.0 Å². The Labute approximate surface area is 121 Å². The maximum atomic E-state index is 12.5. The van der Waals surface area contributed by atoms with Crippen molar-refractivity contribution >= 4 is 5.71 Å². The Balaban J connectivity index is 2.07. The van der Waals surface area contributed by atoms with Gasteiger partial charge in [0.25, 0.3) is 0 Å². The summed E-state index contributed by atoms with van der Waals surface area (Å²) in [4.78, 5) is 5.30. The van der Waals surface area contributed by atoms with Crippen molar-refractivity contribution in [1.82, 2.24) is 0 Å². The lowest BCUT2D eigenvalue weighted by Crippen LogP contribution is -2.05. The molecular formula is C16H15F3NO. The van der Waals surface area contributed by atoms with Gasteiger partial charge in [0.15, 0.2) is 5.76 Å². The molecule has 0 saturated heterocycles. The predicted molar refractivity (Wildman–Crippen MR) is 75.5 cm³/mol. The van der Waals surface area contributed by atoms with Gasteiger partial charge >= 0.3 is 6.18 Å². The maximum Gasteiger partial charge on any atom is 0.416 e. The van der Waals surface area contributed by atoms with E-state index in [2.05, 4.69) is 11.6 Å². The summed E-state index contributed by atoms with van der Waals surface area (Å²) in [6, 6.07) is 4.84. The van der Waals surface area contributed by atoms with Crippen molar-refractivity contribution in [3.05, 3.63) is 65.3 Å². The molecular weight excluding hydrogens is 279 g/mol. The molecule has 0 N–H and O–H groups in total. The van der Waals surface area contributed by atoms with Gasteiger partial charge in [0.05, 0.1) is 11.3 Å². The number of benzene rings is 1. The molecule has 0 aromatic heterocycles. The van der Waals surface area contributed by atoms with E-state index in [0.717, 1.165) is 24.1 Å². The van der Waals surface area contributed by atoms with E-state index in [1.54, 1.807) is 6.92 Å². The van der Waals surface area contributed by atoms with Gasteiger partial charge in [-0.25, -0.2) is 0 Å². The minimum atomic E-state index is -4.33. The molecule has 1 aromatic rings. The normalized spacial score (nSPS) is 16.3. The summed E-state index contributed by atoms with van der Waals surface area (Å²) in [6.07, 6.45) is 2.25. The van der Waals surface area contributed by atoms with Crippen molar-refractivity contribution in [3.8, 4) is 0 Å². The minimum Gasteiger partial charge on any atom is -0.357 e. The van der Waals surface area contributed by atoms with Crippen LogP contribution in [0.15, 0.2) is 52.9 Å². The molecule has 1 aliphatic rings. The average Bonchev–Trinajstić information content (AvgIpc) is 2.44.